The molecule has 0 radical (unpaired) electrons. The van der Waals surface area contributed by atoms with Crippen LogP contribution in [0.25, 0.3) is 0 Å². The first-order valence-electron chi connectivity index (χ1n) is 7.06. The molecule has 0 spiro atoms. The van der Waals surface area contributed by atoms with Crippen LogP contribution in [0.3, 0.4) is 0 Å². The van der Waals surface area contributed by atoms with Crippen molar-refractivity contribution in [1.82, 2.24) is 0 Å². The molecule has 1 N–H and O–H groups in total. The lowest BCUT2D eigenvalue weighted by Crippen LogP contribution is -2.21. The molecule has 5 nitrogen and oxygen atoms in total. The molecule has 24 heavy (non-hydrogen) atoms. The fourth-order valence-corrected chi connectivity index (χ4v) is 2.15. The Labute approximate surface area is 144 Å². The third-order valence-corrected chi connectivity index (χ3v) is 3.47. The number of halogens is 2. The number of carbonyl (C=O) groups excluding carboxylic acids is 2. The van der Waals surface area contributed by atoms with E-state index in [9.17, 15) is 14.0 Å². The predicted octanol–water partition coefficient (Wildman–Crippen LogP) is 3.34. The van der Waals surface area contributed by atoms with Crippen molar-refractivity contribution < 1.29 is 18.7 Å². The highest BCUT2D eigenvalue weighted by molar-refractivity contribution is 6.33. The van der Waals surface area contributed by atoms with Crippen LogP contribution in [0.2, 0.25) is 5.02 Å². The zero-order valence-corrected chi connectivity index (χ0v) is 13.9. The standard InChI is InChI=1S/C17H16ClFN2O3/c1-21(2)13-6-4-12(5-7-13)20-16(22)10-24-17(23)14-8-3-11(19)9-15(14)18/h3-9H,10H2,1-2H3,(H,20,22). The normalized spacial score (nSPS) is 10.2. The van der Waals surface area contributed by atoms with Crippen LogP contribution < -0.4 is 10.2 Å². The van der Waals surface area contributed by atoms with Crippen LogP contribution in [-0.2, 0) is 9.53 Å². The SMILES string of the molecule is CN(C)c1ccc(NC(=O)COC(=O)c2ccc(F)cc2Cl)cc1. The molecule has 7 heteroatoms. The molecule has 2 aromatic carbocycles. The van der Waals surface area contributed by atoms with E-state index >= 15 is 0 Å². The number of benzene rings is 2. The molecule has 0 bridgehead atoms. The summed E-state index contributed by atoms with van der Waals surface area (Å²) in [5.74, 6) is -1.84. The largest absolute Gasteiger partial charge is 0.452 e. The first kappa shape index (κ1) is 17.7. The van der Waals surface area contributed by atoms with E-state index in [0.29, 0.717) is 5.69 Å². The molecule has 0 aliphatic rings. The van der Waals surface area contributed by atoms with Crippen LogP contribution >= 0.6 is 11.6 Å². The van der Waals surface area contributed by atoms with Crippen molar-refractivity contribution in [2.75, 3.05) is 30.9 Å². The quantitative estimate of drug-likeness (QED) is 0.840. The lowest BCUT2D eigenvalue weighted by Gasteiger charge is -2.13. The van der Waals surface area contributed by atoms with Gasteiger partial charge in [-0.15, -0.1) is 0 Å². The molecule has 0 aromatic heterocycles. The van der Waals surface area contributed by atoms with Crippen molar-refractivity contribution in [3.8, 4) is 0 Å². The molecule has 0 aliphatic heterocycles. The zero-order chi connectivity index (χ0) is 17.7. The van der Waals surface area contributed by atoms with Crippen LogP contribution in [-0.4, -0.2) is 32.6 Å². The summed E-state index contributed by atoms with van der Waals surface area (Å²) in [6, 6.07) is 10.5. The van der Waals surface area contributed by atoms with E-state index in [1.54, 1.807) is 12.1 Å². The average Bonchev–Trinajstić information content (AvgIpc) is 2.53. The number of esters is 1. The lowest BCUT2D eigenvalue weighted by atomic mass is 10.2. The third kappa shape index (κ3) is 4.70. The van der Waals surface area contributed by atoms with Gasteiger partial charge in [-0.05, 0) is 42.5 Å². The zero-order valence-electron chi connectivity index (χ0n) is 13.2. The van der Waals surface area contributed by atoms with Gasteiger partial charge in [0.15, 0.2) is 6.61 Å². The Bertz CT molecular complexity index is 748. The molecule has 0 saturated carbocycles. The fourth-order valence-electron chi connectivity index (χ4n) is 1.90. The van der Waals surface area contributed by atoms with Crippen molar-refractivity contribution in [2.24, 2.45) is 0 Å². The molecular formula is C17H16ClFN2O3. The molecule has 0 saturated heterocycles. The Hall–Kier alpha value is -2.60. The van der Waals surface area contributed by atoms with E-state index < -0.39 is 24.3 Å². The second-order valence-electron chi connectivity index (χ2n) is 5.19. The fraction of sp³-hybridized carbons (Fsp3) is 0.176. The van der Waals surface area contributed by atoms with Crippen molar-refractivity contribution in [1.29, 1.82) is 0 Å². The van der Waals surface area contributed by atoms with E-state index in [1.165, 1.54) is 6.07 Å². The maximum absolute atomic E-state index is 12.9. The molecule has 2 rings (SSSR count). The van der Waals surface area contributed by atoms with Crippen LogP contribution in [0.15, 0.2) is 42.5 Å². The number of rotatable bonds is 5. The Balaban J connectivity index is 1.89. The van der Waals surface area contributed by atoms with Crippen molar-refractivity contribution in [2.45, 2.75) is 0 Å². The van der Waals surface area contributed by atoms with Gasteiger partial charge in [0.2, 0.25) is 0 Å². The van der Waals surface area contributed by atoms with Gasteiger partial charge >= 0.3 is 5.97 Å². The van der Waals surface area contributed by atoms with Gasteiger partial charge in [0.05, 0.1) is 10.6 Å². The minimum Gasteiger partial charge on any atom is -0.452 e. The summed E-state index contributed by atoms with van der Waals surface area (Å²) in [5.41, 5.74) is 1.58. The van der Waals surface area contributed by atoms with Crippen LogP contribution in [0, 0.1) is 5.82 Å². The van der Waals surface area contributed by atoms with Gasteiger partial charge in [-0.25, -0.2) is 9.18 Å². The molecule has 0 unspecified atom stereocenters. The molecule has 0 heterocycles. The summed E-state index contributed by atoms with van der Waals surface area (Å²) in [5, 5.41) is 2.54. The summed E-state index contributed by atoms with van der Waals surface area (Å²) in [6.45, 7) is -0.470. The molecule has 0 fully saturated rings. The monoisotopic (exact) mass is 350 g/mol. The number of hydrogen-bond acceptors (Lipinski definition) is 4. The van der Waals surface area contributed by atoms with Gasteiger partial charge in [-0.2, -0.15) is 0 Å². The van der Waals surface area contributed by atoms with Crippen LogP contribution in [0.4, 0.5) is 15.8 Å². The van der Waals surface area contributed by atoms with Gasteiger partial charge in [0.1, 0.15) is 5.82 Å². The molecule has 126 valence electrons. The molecular weight excluding hydrogens is 335 g/mol. The summed E-state index contributed by atoms with van der Waals surface area (Å²) in [7, 11) is 3.82. The van der Waals surface area contributed by atoms with E-state index in [-0.39, 0.29) is 10.6 Å². The van der Waals surface area contributed by atoms with E-state index in [0.717, 1.165) is 17.8 Å². The number of hydrogen-bond donors (Lipinski definition) is 1. The highest BCUT2D eigenvalue weighted by Gasteiger charge is 2.14. The molecule has 2 aromatic rings. The summed E-state index contributed by atoms with van der Waals surface area (Å²) in [4.78, 5) is 25.6. The first-order valence-corrected chi connectivity index (χ1v) is 7.44. The number of amides is 1. The minimum absolute atomic E-state index is 0.00111. The van der Waals surface area contributed by atoms with Gasteiger partial charge in [0.25, 0.3) is 5.91 Å². The van der Waals surface area contributed by atoms with Crippen molar-refractivity contribution in [3.05, 3.63) is 58.9 Å². The number of nitrogens with zero attached hydrogens (tertiary/aromatic N) is 1. The summed E-state index contributed by atoms with van der Waals surface area (Å²) < 4.78 is 17.8. The Kier molecular flexibility index (Phi) is 5.76. The summed E-state index contributed by atoms with van der Waals surface area (Å²) >= 11 is 5.76. The lowest BCUT2D eigenvalue weighted by molar-refractivity contribution is -0.119. The number of carbonyl (C=O) groups is 2. The van der Waals surface area contributed by atoms with Gasteiger partial charge < -0.3 is 15.0 Å². The third-order valence-electron chi connectivity index (χ3n) is 3.15. The van der Waals surface area contributed by atoms with Gasteiger partial charge in [0, 0.05) is 25.5 Å². The maximum atomic E-state index is 12.9. The average molecular weight is 351 g/mol. The van der Waals surface area contributed by atoms with E-state index in [2.05, 4.69) is 5.32 Å². The van der Waals surface area contributed by atoms with Crippen molar-refractivity contribution in [3.63, 3.8) is 0 Å². The minimum atomic E-state index is -0.793. The van der Waals surface area contributed by atoms with Crippen LogP contribution in [0.1, 0.15) is 10.4 Å². The number of anilines is 2. The summed E-state index contributed by atoms with van der Waals surface area (Å²) in [6.07, 6.45) is 0. The van der Waals surface area contributed by atoms with Gasteiger partial charge in [-0.3, -0.25) is 4.79 Å². The second kappa shape index (κ2) is 7.79. The van der Waals surface area contributed by atoms with E-state index in [1.807, 2.05) is 31.1 Å². The second-order valence-corrected chi connectivity index (χ2v) is 5.60. The van der Waals surface area contributed by atoms with E-state index in [4.69, 9.17) is 16.3 Å². The van der Waals surface area contributed by atoms with Gasteiger partial charge in [-0.1, -0.05) is 11.6 Å². The number of ether oxygens (including phenoxy) is 1. The highest BCUT2D eigenvalue weighted by Crippen LogP contribution is 2.18. The Morgan fingerprint density at radius 1 is 1.17 bits per heavy atom. The van der Waals surface area contributed by atoms with Crippen LogP contribution in [0.5, 0.6) is 0 Å². The number of nitrogens with one attached hydrogen (secondary N) is 1. The molecule has 0 atom stereocenters. The molecule has 0 aliphatic carbocycles. The smallest absolute Gasteiger partial charge is 0.340 e. The topological polar surface area (TPSA) is 58.6 Å². The predicted molar refractivity (Wildman–Crippen MR) is 91.1 cm³/mol. The Morgan fingerprint density at radius 2 is 1.83 bits per heavy atom. The highest BCUT2D eigenvalue weighted by atomic mass is 35.5. The maximum Gasteiger partial charge on any atom is 0.340 e. The first-order chi connectivity index (χ1) is 11.4. The molecule has 1 amide bonds. The Morgan fingerprint density at radius 3 is 2.42 bits per heavy atom. The van der Waals surface area contributed by atoms with Crippen molar-refractivity contribution >= 4 is 34.9 Å².